The van der Waals surface area contributed by atoms with E-state index in [2.05, 4.69) is 4.98 Å². The molecule has 1 aliphatic heterocycles. The number of alkyl halides is 3. The lowest BCUT2D eigenvalue weighted by Gasteiger charge is -2.25. The van der Waals surface area contributed by atoms with E-state index in [1.165, 1.54) is 13.2 Å². The van der Waals surface area contributed by atoms with E-state index in [-0.39, 0.29) is 5.91 Å². The summed E-state index contributed by atoms with van der Waals surface area (Å²) < 4.78 is 43.0. The first kappa shape index (κ1) is 18.5. The monoisotopic (exact) mass is 345 g/mol. The number of rotatable bonds is 4. The fourth-order valence-electron chi connectivity index (χ4n) is 2.75. The van der Waals surface area contributed by atoms with Gasteiger partial charge in [-0.15, -0.1) is 0 Å². The Hall–Kier alpha value is -1.83. The number of anilines is 1. The number of carbonyl (C=O) groups excluding carboxylic acids is 1. The minimum absolute atomic E-state index is 0.0396. The number of nitrogens with zero attached hydrogens (tertiary/aromatic N) is 3. The molecule has 1 saturated heterocycles. The Kier molecular flexibility index (Phi) is 6.04. The maximum absolute atomic E-state index is 12.6. The Balaban J connectivity index is 2.01. The molecule has 1 aromatic heterocycles. The van der Waals surface area contributed by atoms with Gasteiger partial charge in [0.15, 0.2) is 0 Å². The van der Waals surface area contributed by atoms with Crippen molar-refractivity contribution in [3.05, 3.63) is 23.9 Å². The van der Waals surface area contributed by atoms with E-state index < -0.39 is 17.8 Å². The summed E-state index contributed by atoms with van der Waals surface area (Å²) in [6.45, 7) is 4.18. The fourth-order valence-corrected chi connectivity index (χ4v) is 2.75. The van der Waals surface area contributed by atoms with Gasteiger partial charge < -0.3 is 14.5 Å². The summed E-state index contributed by atoms with van der Waals surface area (Å²) in [5.74, 6) is 0.457. The molecule has 0 saturated carbocycles. The van der Waals surface area contributed by atoms with Crippen LogP contribution in [0.15, 0.2) is 18.3 Å². The second-order valence-electron chi connectivity index (χ2n) is 5.70. The molecule has 0 radical (unpaired) electrons. The van der Waals surface area contributed by atoms with Crippen LogP contribution in [0.5, 0.6) is 0 Å². The van der Waals surface area contributed by atoms with Gasteiger partial charge in [-0.25, -0.2) is 4.98 Å². The molecule has 2 rings (SSSR count). The Morgan fingerprint density at radius 3 is 2.58 bits per heavy atom. The molecule has 134 valence electrons. The Labute approximate surface area is 139 Å². The van der Waals surface area contributed by atoms with Gasteiger partial charge in [0.25, 0.3) is 5.91 Å². The van der Waals surface area contributed by atoms with Crippen LogP contribution in [-0.4, -0.2) is 55.2 Å². The van der Waals surface area contributed by atoms with Gasteiger partial charge in [0.05, 0.1) is 5.56 Å². The molecule has 0 bridgehead atoms. The molecule has 1 atom stereocenters. The van der Waals surface area contributed by atoms with Gasteiger partial charge >= 0.3 is 6.18 Å². The SMILES string of the molecule is CC[C@@H](OC)C(=O)N1CCCN(c2ccc(C(F)(F)F)cn2)CC1. The second-order valence-corrected chi connectivity index (χ2v) is 5.70. The van der Waals surface area contributed by atoms with Crippen molar-refractivity contribution in [2.24, 2.45) is 0 Å². The highest BCUT2D eigenvalue weighted by Crippen LogP contribution is 2.29. The molecule has 2 heterocycles. The lowest BCUT2D eigenvalue weighted by molar-refractivity contribution is -0.142. The number of carbonyl (C=O) groups is 1. The lowest BCUT2D eigenvalue weighted by Crippen LogP contribution is -2.42. The molecule has 5 nitrogen and oxygen atoms in total. The third-order valence-corrected chi connectivity index (χ3v) is 4.14. The summed E-state index contributed by atoms with van der Waals surface area (Å²) in [6, 6.07) is 2.42. The number of hydrogen-bond acceptors (Lipinski definition) is 4. The number of ether oxygens (including phenoxy) is 1. The highest BCUT2D eigenvalue weighted by atomic mass is 19.4. The van der Waals surface area contributed by atoms with Crippen molar-refractivity contribution < 1.29 is 22.7 Å². The Bertz CT molecular complexity index is 544. The zero-order chi connectivity index (χ0) is 17.7. The van der Waals surface area contributed by atoms with Crippen LogP contribution in [0.3, 0.4) is 0 Å². The standard InChI is InChI=1S/C16H22F3N3O2/c1-3-13(24-2)15(23)22-8-4-7-21(9-10-22)14-6-5-12(11-20-14)16(17,18)19/h5-6,11,13H,3-4,7-10H2,1-2H3/t13-/m1/s1. The largest absolute Gasteiger partial charge is 0.417 e. The van der Waals surface area contributed by atoms with Crippen molar-refractivity contribution in [2.75, 3.05) is 38.2 Å². The maximum Gasteiger partial charge on any atom is 0.417 e. The maximum atomic E-state index is 12.6. The minimum atomic E-state index is -4.39. The van der Waals surface area contributed by atoms with Gasteiger partial charge in [-0.2, -0.15) is 13.2 Å². The van der Waals surface area contributed by atoms with E-state index in [1.54, 1.807) is 4.90 Å². The van der Waals surface area contributed by atoms with Crippen molar-refractivity contribution in [1.82, 2.24) is 9.88 Å². The third-order valence-electron chi connectivity index (χ3n) is 4.14. The summed E-state index contributed by atoms with van der Waals surface area (Å²) >= 11 is 0. The van der Waals surface area contributed by atoms with Gasteiger partial charge in [0, 0.05) is 39.5 Å². The molecule has 24 heavy (non-hydrogen) atoms. The van der Waals surface area contributed by atoms with Crippen molar-refractivity contribution in [1.29, 1.82) is 0 Å². The Morgan fingerprint density at radius 2 is 2.04 bits per heavy atom. The van der Waals surface area contributed by atoms with Crippen molar-refractivity contribution in [2.45, 2.75) is 32.0 Å². The average Bonchev–Trinajstić information content (AvgIpc) is 2.81. The molecule has 0 aliphatic carbocycles. The quantitative estimate of drug-likeness (QED) is 0.841. The second kappa shape index (κ2) is 7.83. The molecule has 8 heteroatoms. The Morgan fingerprint density at radius 1 is 1.29 bits per heavy atom. The van der Waals surface area contributed by atoms with Crippen molar-refractivity contribution in [3.63, 3.8) is 0 Å². The molecule has 1 aromatic rings. The van der Waals surface area contributed by atoms with E-state index in [4.69, 9.17) is 4.74 Å². The first-order chi connectivity index (χ1) is 11.4. The number of halogens is 3. The predicted molar refractivity (Wildman–Crippen MR) is 83.7 cm³/mol. The summed E-state index contributed by atoms with van der Waals surface area (Å²) in [5.41, 5.74) is -0.760. The topological polar surface area (TPSA) is 45.7 Å². The molecule has 1 fully saturated rings. The van der Waals surface area contributed by atoms with E-state index >= 15 is 0 Å². The highest BCUT2D eigenvalue weighted by Gasteiger charge is 2.31. The van der Waals surface area contributed by atoms with Crippen LogP contribution in [0.2, 0.25) is 0 Å². The van der Waals surface area contributed by atoms with E-state index in [0.29, 0.717) is 38.4 Å². The minimum Gasteiger partial charge on any atom is -0.372 e. The zero-order valence-electron chi connectivity index (χ0n) is 13.8. The fraction of sp³-hybridized carbons (Fsp3) is 0.625. The van der Waals surface area contributed by atoms with Gasteiger partial charge in [0.1, 0.15) is 11.9 Å². The van der Waals surface area contributed by atoms with Crippen LogP contribution >= 0.6 is 0 Å². The number of amides is 1. The van der Waals surface area contributed by atoms with Gasteiger partial charge in [-0.3, -0.25) is 4.79 Å². The number of methoxy groups -OCH3 is 1. The molecule has 1 aliphatic rings. The number of hydrogen-bond donors (Lipinski definition) is 0. The molecule has 0 N–H and O–H groups in total. The smallest absolute Gasteiger partial charge is 0.372 e. The van der Waals surface area contributed by atoms with Crippen LogP contribution in [0, 0.1) is 0 Å². The van der Waals surface area contributed by atoms with E-state index in [1.807, 2.05) is 11.8 Å². The van der Waals surface area contributed by atoms with E-state index in [0.717, 1.165) is 18.7 Å². The van der Waals surface area contributed by atoms with Crippen LogP contribution < -0.4 is 4.90 Å². The van der Waals surface area contributed by atoms with Crippen LogP contribution in [0.25, 0.3) is 0 Å². The number of pyridine rings is 1. The summed E-state index contributed by atoms with van der Waals surface area (Å²) in [4.78, 5) is 19.9. The van der Waals surface area contributed by atoms with Crippen molar-refractivity contribution in [3.8, 4) is 0 Å². The third kappa shape index (κ3) is 4.37. The van der Waals surface area contributed by atoms with E-state index in [9.17, 15) is 18.0 Å². The lowest BCUT2D eigenvalue weighted by atomic mass is 10.2. The van der Waals surface area contributed by atoms with Gasteiger partial charge in [-0.1, -0.05) is 6.92 Å². The van der Waals surface area contributed by atoms with Gasteiger partial charge in [0.2, 0.25) is 0 Å². The molecule has 0 unspecified atom stereocenters. The molecular weight excluding hydrogens is 323 g/mol. The summed E-state index contributed by atoms with van der Waals surface area (Å²) in [5, 5.41) is 0. The first-order valence-electron chi connectivity index (χ1n) is 7.96. The summed E-state index contributed by atoms with van der Waals surface area (Å²) in [6.07, 6.45) is -2.64. The van der Waals surface area contributed by atoms with Crippen LogP contribution in [0.1, 0.15) is 25.3 Å². The van der Waals surface area contributed by atoms with Crippen LogP contribution in [-0.2, 0) is 15.7 Å². The molecule has 1 amide bonds. The average molecular weight is 345 g/mol. The molecule has 0 aromatic carbocycles. The molecular formula is C16H22F3N3O2. The number of aromatic nitrogens is 1. The predicted octanol–water partition coefficient (Wildman–Crippen LogP) is 2.56. The first-order valence-corrected chi connectivity index (χ1v) is 7.96. The molecule has 0 spiro atoms. The zero-order valence-corrected chi connectivity index (χ0v) is 13.8. The van der Waals surface area contributed by atoms with Gasteiger partial charge in [-0.05, 0) is 25.0 Å². The summed E-state index contributed by atoms with van der Waals surface area (Å²) in [7, 11) is 1.52. The van der Waals surface area contributed by atoms with Crippen LogP contribution in [0.4, 0.5) is 19.0 Å². The normalized spacial score (nSPS) is 17.5. The highest BCUT2D eigenvalue weighted by molar-refractivity contribution is 5.81. The van der Waals surface area contributed by atoms with Crippen molar-refractivity contribution >= 4 is 11.7 Å².